The number of allylic oxidation sites excluding steroid dienone is 12. The summed E-state index contributed by atoms with van der Waals surface area (Å²) in [6.45, 7) is 0. The second-order valence-corrected chi connectivity index (χ2v) is 16.1. The summed E-state index contributed by atoms with van der Waals surface area (Å²) in [5.74, 6) is 5.56. The third kappa shape index (κ3) is 5.27. The minimum Gasteiger partial charge on any atom is -0.308 e. The molecule has 12 unspecified atom stereocenters. The molecule has 18 aliphatic rings. The molecule has 2 fully saturated rings. The van der Waals surface area contributed by atoms with E-state index in [0.717, 1.165) is 11.8 Å². The molecule has 14 bridgehead atoms. The molecule has 0 aromatic rings. The topological polar surface area (TPSA) is 24.1 Å². The molecule has 2 heteroatoms. The highest BCUT2D eigenvalue weighted by Crippen LogP contribution is 2.44. The normalized spacial score (nSPS) is 45.8. The van der Waals surface area contributed by atoms with Gasteiger partial charge in [-0.15, -0.1) is 0 Å². The summed E-state index contributed by atoms with van der Waals surface area (Å²) in [5.41, 5.74) is 6.75. The van der Waals surface area contributed by atoms with Crippen LogP contribution in [0.4, 0.5) is 0 Å². The lowest BCUT2D eigenvalue weighted by Gasteiger charge is -2.51. The van der Waals surface area contributed by atoms with Crippen LogP contribution in [0.1, 0.15) is 89.9 Å². The van der Waals surface area contributed by atoms with Crippen molar-refractivity contribution in [3.05, 3.63) is 95.2 Å². The highest BCUT2D eigenvalue weighted by molar-refractivity contribution is 5.34. The van der Waals surface area contributed by atoms with Gasteiger partial charge in [0, 0.05) is 24.2 Å². The predicted octanol–water partition coefficient (Wildman–Crippen LogP) is 9.08. The van der Waals surface area contributed by atoms with Crippen LogP contribution in [0, 0.1) is 47.3 Å². The Morgan fingerprint density at radius 2 is 0.795 bits per heavy atom. The summed E-state index contributed by atoms with van der Waals surface area (Å²) < 4.78 is 0. The van der Waals surface area contributed by atoms with E-state index in [2.05, 4.69) is 83.5 Å². The molecule has 44 heavy (non-hydrogen) atoms. The van der Waals surface area contributed by atoms with Crippen molar-refractivity contribution in [2.24, 2.45) is 47.3 Å². The first-order valence-corrected chi connectivity index (χ1v) is 18.8. The van der Waals surface area contributed by atoms with Gasteiger partial charge >= 0.3 is 0 Å². The molecule has 12 heterocycles. The lowest BCUT2D eigenvalue weighted by molar-refractivity contribution is 0.129. The fourth-order valence-corrected chi connectivity index (χ4v) is 11.1. The number of rotatable bonds is 0. The van der Waals surface area contributed by atoms with Gasteiger partial charge < -0.3 is 10.6 Å². The van der Waals surface area contributed by atoms with Crippen molar-refractivity contribution in [3.63, 3.8) is 0 Å². The molecule has 6 aliphatic carbocycles. The lowest BCUT2D eigenvalue weighted by Crippen LogP contribution is -2.65. The van der Waals surface area contributed by atoms with Crippen molar-refractivity contribution >= 4 is 0 Å². The minimum atomic E-state index is 0.559. The van der Waals surface area contributed by atoms with E-state index in [1.165, 1.54) is 89.9 Å². The molecule has 0 spiro atoms. The zero-order chi connectivity index (χ0) is 29.0. The fraction of sp³-hybridized carbons (Fsp3) is 0.619. The van der Waals surface area contributed by atoms with E-state index in [4.69, 9.17) is 0 Å². The van der Waals surface area contributed by atoms with Crippen molar-refractivity contribution in [2.75, 3.05) is 0 Å². The molecule has 18 rings (SSSR count). The van der Waals surface area contributed by atoms with Gasteiger partial charge in [-0.05, 0) is 137 Å². The smallest absolute Gasteiger partial charge is 0.0295 e. The minimum absolute atomic E-state index is 0.559. The molecular formula is C42H54N2. The molecule has 2 nitrogen and oxygen atoms in total. The third-order valence-corrected chi connectivity index (χ3v) is 13.9. The summed E-state index contributed by atoms with van der Waals surface area (Å²) in [5, 5.41) is 8.58. The number of hydrogen-bond acceptors (Lipinski definition) is 2. The Morgan fingerprint density at radius 3 is 1.30 bits per heavy atom. The van der Waals surface area contributed by atoms with Gasteiger partial charge in [-0.1, -0.05) is 95.2 Å². The van der Waals surface area contributed by atoms with Crippen LogP contribution in [0.25, 0.3) is 0 Å². The van der Waals surface area contributed by atoms with E-state index >= 15 is 0 Å². The highest BCUT2D eigenvalue weighted by atomic mass is 15.1. The Balaban J connectivity index is 1.01. The van der Waals surface area contributed by atoms with Gasteiger partial charge in [-0.2, -0.15) is 0 Å². The van der Waals surface area contributed by atoms with Gasteiger partial charge in [-0.25, -0.2) is 0 Å². The number of hydrogen-bond donors (Lipinski definition) is 2. The maximum absolute atomic E-state index is 4.30. The average molecular weight is 587 g/mol. The van der Waals surface area contributed by atoms with E-state index in [1.807, 2.05) is 0 Å². The molecule has 12 atom stereocenters. The monoisotopic (exact) mass is 586 g/mol. The van der Waals surface area contributed by atoms with Gasteiger partial charge in [0.05, 0.1) is 0 Å². The lowest BCUT2D eigenvalue weighted by atomic mass is 9.68. The van der Waals surface area contributed by atoms with E-state index in [1.54, 1.807) is 22.3 Å². The zero-order valence-corrected chi connectivity index (χ0v) is 26.8. The van der Waals surface area contributed by atoms with Crippen molar-refractivity contribution in [2.45, 2.75) is 114 Å². The summed E-state index contributed by atoms with van der Waals surface area (Å²) >= 11 is 0. The summed E-state index contributed by atoms with van der Waals surface area (Å²) in [6, 6.07) is 2.36. The van der Waals surface area contributed by atoms with E-state index < -0.39 is 0 Å². The summed E-state index contributed by atoms with van der Waals surface area (Å²) in [6.07, 6.45) is 49.4. The molecule has 0 amide bonds. The Bertz CT molecular complexity index is 1370. The maximum Gasteiger partial charge on any atom is 0.0295 e. The molecule has 2 saturated heterocycles. The molecule has 2 N–H and O–H groups in total. The molecular weight excluding hydrogens is 532 g/mol. The van der Waals surface area contributed by atoms with Crippen LogP contribution in [0.2, 0.25) is 0 Å². The predicted molar refractivity (Wildman–Crippen MR) is 183 cm³/mol. The van der Waals surface area contributed by atoms with Crippen LogP contribution >= 0.6 is 0 Å². The van der Waals surface area contributed by atoms with Crippen molar-refractivity contribution in [1.29, 1.82) is 0 Å². The van der Waals surface area contributed by atoms with E-state index in [0.29, 0.717) is 59.7 Å². The van der Waals surface area contributed by atoms with Gasteiger partial charge in [0.2, 0.25) is 0 Å². The van der Waals surface area contributed by atoms with Crippen LogP contribution in [0.3, 0.4) is 0 Å². The van der Waals surface area contributed by atoms with Crippen molar-refractivity contribution < 1.29 is 0 Å². The standard InChI is InChI=1S/C42H54N2/c1-2-28-4-3-27(1)29-5-9-31(10-6-29)33-13-17-35(18-14-33)39-25-23-37-21-22-38-24-26-40(44-42(38)41(37)43-39)36-19-15-34(16-20-36)32-11-7-30(28)8-12-32/h1-2,5,7,9,11,13,15,17,19,21-22,27-29,31,34,36-44H,3-4,6,8,10,12,14,16,18,20,23-26H2. The Hall–Kier alpha value is -2.16. The quantitative estimate of drug-likeness (QED) is 0.277. The molecule has 0 aromatic carbocycles. The van der Waals surface area contributed by atoms with Gasteiger partial charge in [-0.3, -0.25) is 0 Å². The largest absolute Gasteiger partial charge is 0.308 e. The molecule has 12 aliphatic heterocycles. The van der Waals surface area contributed by atoms with Crippen LogP contribution in [0.5, 0.6) is 0 Å². The SMILES string of the molecule is C1=CC2CCC1C1=CC=C(CC1)C1C=CC(CC1)C1CCC3C=CC4CCC(NC4C3N1)C1=CC=C(CC1)C1C=CC2CC1. The first-order valence-electron chi connectivity index (χ1n) is 18.8. The maximum atomic E-state index is 4.30. The third-order valence-electron chi connectivity index (χ3n) is 13.9. The Kier molecular flexibility index (Phi) is 7.59. The first kappa shape index (κ1) is 28.1. The van der Waals surface area contributed by atoms with Crippen LogP contribution < -0.4 is 10.6 Å². The Labute approximate surface area is 266 Å². The summed E-state index contributed by atoms with van der Waals surface area (Å²) in [7, 11) is 0. The zero-order valence-electron chi connectivity index (χ0n) is 26.8. The van der Waals surface area contributed by atoms with Gasteiger partial charge in [0.25, 0.3) is 0 Å². The number of piperidine rings is 2. The van der Waals surface area contributed by atoms with Crippen LogP contribution in [-0.2, 0) is 0 Å². The van der Waals surface area contributed by atoms with Gasteiger partial charge in [0.1, 0.15) is 0 Å². The van der Waals surface area contributed by atoms with Crippen LogP contribution in [-0.4, -0.2) is 24.2 Å². The van der Waals surface area contributed by atoms with Crippen molar-refractivity contribution in [1.82, 2.24) is 10.6 Å². The summed E-state index contributed by atoms with van der Waals surface area (Å²) in [4.78, 5) is 0. The molecule has 232 valence electrons. The van der Waals surface area contributed by atoms with Gasteiger partial charge in [0.15, 0.2) is 0 Å². The Morgan fingerprint density at radius 1 is 0.364 bits per heavy atom. The molecule has 0 aromatic heterocycles. The van der Waals surface area contributed by atoms with Crippen LogP contribution in [0.15, 0.2) is 95.2 Å². The highest BCUT2D eigenvalue weighted by Gasteiger charge is 2.44. The second kappa shape index (κ2) is 11.9. The fourth-order valence-electron chi connectivity index (χ4n) is 11.1. The average Bonchev–Trinajstić information content (AvgIpc) is 3.11. The van der Waals surface area contributed by atoms with E-state index in [9.17, 15) is 0 Å². The first-order chi connectivity index (χ1) is 21.7. The second-order valence-electron chi connectivity index (χ2n) is 16.1. The molecule has 0 radical (unpaired) electrons. The van der Waals surface area contributed by atoms with Crippen molar-refractivity contribution in [3.8, 4) is 0 Å². The van der Waals surface area contributed by atoms with E-state index in [-0.39, 0.29) is 0 Å². The molecule has 0 saturated carbocycles. The number of nitrogens with one attached hydrogen (secondary N) is 2.